The molecule has 1 saturated heterocycles. The molecule has 2 aromatic carbocycles. The largest absolute Gasteiger partial charge is 0.417 e. The first-order chi connectivity index (χ1) is 14.1. The van der Waals surface area contributed by atoms with Gasteiger partial charge < -0.3 is 10.1 Å². The van der Waals surface area contributed by atoms with Gasteiger partial charge in [0, 0.05) is 27.8 Å². The number of rotatable bonds is 5. The summed E-state index contributed by atoms with van der Waals surface area (Å²) in [5, 5.41) is 2.73. The molecule has 0 saturated carbocycles. The van der Waals surface area contributed by atoms with Gasteiger partial charge in [-0.05, 0) is 54.8 Å². The monoisotopic (exact) mass is 457 g/mol. The van der Waals surface area contributed by atoms with Crippen molar-refractivity contribution in [3.63, 3.8) is 0 Å². The zero-order valence-corrected chi connectivity index (χ0v) is 16.9. The molecule has 1 aliphatic heterocycles. The summed E-state index contributed by atoms with van der Waals surface area (Å²) in [6.45, 7) is 0.574. The molecule has 4 nitrogen and oxygen atoms in total. The van der Waals surface area contributed by atoms with Crippen molar-refractivity contribution in [3.8, 4) is 0 Å². The minimum absolute atomic E-state index is 0.00135. The van der Waals surface area contributed by atoms with E-state index in [-0.39, 0.29) is 38.9 Å². The normalized spacial score (nSPS) is 17.1. The maximum Gasteiger partial charge on any atom is 0.417 e. The highest BCUT2D eigenvalue weighted by Gasteiger charge is 2.35. The highest BCUT2D eigenvalue weighted by Crippen LogP contribution is 2.36. The van der Waals surface area contributed by atoms with Gasteiger partial charge >= 0.3 is 6.18 Å². The first-order valence-corrected chi connectivity index (χ1v) is 9.71. The Balaban J connectivity index is 1.82. The van der Waals surface area contributed by atoms with Gasteiger partial charge in [0.15, 0.2) is 5.78 Å². The topological polar surface area (TPSA) is 55.4 Å². The van der Waals surface area contributed by atoms with Crippen LogP contribution in [0.15, 0.2) is 48.5 Å². The molecule has 1 amide bonds. The van der Waals surface area contributed by atoms with Crippen LogP contribution in [-0.2, 0) is 4.74 Å². The maximum atomic E-state index is 13.5. The van der Waals surface area contributed by atoms with E-state index in [4.69, 9.17) is 27.9 Å². The number of amides is 1. The lowest BCUT2D eigenvalue weighted by Gasteiger charge is -2.13. The van der Waals surface area contributed by atoms with Gasteiger partial charge in [-0.3, -0.25) is 9.59 Å². The van der Waals surface area contributed by atoms with Gasteiger partial charge in [-0.25, -0.2) is 0 Å². The number of ether oxygens (including phenoxy) is 1. The van der Waals surface area contributed by atoms with Crippen LogP contribution in [0.2, 0.25) is 10.0 Å². The van der Waals surface area contributed by atoms with E-state index in [0.29, 0.717) is 19.1 Å². The van der Waals surface area contributed by atoms with Crippen LogP contribution in [0.3, 0.4) is 0 Å². The van der Waals surface area contributed by atoms with Crippen LogP contribution in [0.25, 0.3) is 5.57 Å². The molecule has 1 atom stereocenters. The van der Waals surface area contributed by atoms with E-state index in [1.807, 2.05) is 0 Å². The second-order valence-electron chi connectivity index (χ2n) is 6.63. The molecular weight excluding hydrogens is 442 g/mol. The van der Waals surface area contributed by atoms with Crippen LogP contribution in [0, 0.1) is 0 Å². The van der Waals surface area contributed by atoms with Crippen molar-refractivity contribution < 1.29 is 27.5 Å². The first-order valence-electron chi connectivity index (χ1n) is 8.96. The Labute approximate surface area is 180 Å². The summed E-state index contributed by atoms with van der Waals surface area (Å²) in [5.41, 5.74) is -1.22. The van der Waals surface area contributed by atoms with Gasteiger partial charge in [0.2, 0.25) is 0 Å². The number of nitrogens with one attached hydrogen (secondary N) is 1. The quantitative estimate of drug-likeness (QED) is 0.463. The van der Waals surface area contributed by atoms with Crippen LogP contribution >= 0.6 is 23.2 Å². The Morgan fingerprint density at radius 3 is 2.13 bits per heavy atom. The Morgan fingerprint density at radius 1 is 1.00 bits per heavy atom. The number of hydrogen-bond donors (Lipinski definition) is 1. The second-order valence-corrected chi connectivity index (χ2v) is 7.50. The summed E-state index contributed by atoms with van der Waals surface area (Å²) < 4.78 is 45.9. The highest BCUT2D eigenvalue weighted by molar-refractivity contribution is 6.35. The molecule has 0 radical (unpaired) electrons. The van der Waals surface area contributed by atoms with E-state index in [2.05, 4.69) is 5.32 Å². The van der Waals surface area contributed by atoms with Crippen LogP contribution in [0.1, 0.15) is 39.1 Å². The van der Waals surface area contributed by atoms with Gasteiger partial charge in [0.25, 0.3) is 5.91 Å². The van der Waals surface area contributed by atoms with Crippen molar-refractivity contribution in [2.45, 2.75) is 25.2 Å². The number of allylic oxidation sites excluding steroid dienone is 2. The fourth-order valence-electron chi connectivity index (χ4n) is 2.96. The van der Waals surface area contributed by atoms with Crippen LogP contribution in [-0.4, -0.2) is 30.7 Å². The molecule has 3 rings (SSSR count). The molecule has 1 heterocycles. The fourth-order valence-corrected chi connectivity index (χ4v) is 3.49. The van der Waals surface area contributed by atoms with Crippen LogP contribution in [0.4, 0.5) is 13.2 Å². The van der Waals surface area contributed by atoms with E-state index in [1.54, 1.807) is 0 Å². The van der Waals surface area contributed by atoms with Crippen molar-refractivity contribution in [2.75, 3.05) is 6.61 Å². The van der Waals surface area contributed by atoms with E-state index < -0.39 is 17.5 Å². The number of ketones is 1. The molecule has 0 spiro atoms. The third kappa shape index (κ3) is 5.62. The Morgan fingerprint density at radius 2 is 1.60 bits per heavy atom. The maximum absolute atomic E-state index is 13.5. The number of alkyl halides is 3. The van der Waals surface area contributed by atoms with Crippen molar-refractivity contribution in [2.24, 2.45) is 0 Å². The average Bonchev–Trinajstić information content (AvgIpc) is 3.17. The standard InChI is InChI=1S/C21H16Cl2F3NO3/c22-15-8-14(9-16(23)10-15)17(21(24,25)26)11-18(28)12-3-5-13(6-4-12)20(29)27-19-2-1-7-30-19/h3-6,8-11,19H,1-2,7H2,(H,27,29). The molecule has 1 unspecified atom stereocenters. The minimum atomic E-state index is -4.80. The molecule has 1 fully saturated rings. The Kier molecular flexibility index (Phi) is 6.85. The number of benzene rings is 2. The summed E-state index contributed by atoms with van der Waals surface area (Å²) >= 11 is 11.6. The molecule has 2 aromatic rings. The zero-order chi connectivity index (χ0) is 21.9. The van der Waals surface area contributed by atoms with Crippen LogP contribution in [0.5, 0.6) is 0 Å². The zero-order valence-electron chi connectivity index (χ0n) is 15.4. The summed E-state index contributed by atoms with van der Waals surface area (Å²) in [5.74, 6) is -1.26. The molecule has 1 N–H and O–H groups in total. The number of carbonyl (C=O) groups is 2. The van der Waals surface area contributed by atoms with Crippen molar-refractivity contribution in [3.05, 3.63) is 75.3 Å². The third-order valence-electron chi connectivity index (χ3n) is 4.41. The van der Waals surface area contributed by atoms with Gasteiger partial charge in [0.05, 0.1) is 5.57 Å². The predicted molar refractivity (Wildman–Crippen MR) is 108 cm³/mol. The molecular formula is C21H16Cl2F3NO3. The van der Waals surface area contributed by atoms with Gasteiger partial charge in [0.1, 0.15) is 6.23 Å². The molecule has 158 valence electrons. The fraction of sp³-hybridized carbons (Fsp3) is 0.238. The van der Waals surface area contributed by atoms with E-state index >= 15 is 0 Å². The van der Waals surface area contributed by atoms with Crippen LogP contribution < -0.4 is 5.32 Å². The number of carbonyl (C=O) groups excluding carboxylic acids is 2. The van der Waals surface area contributed by atoms with Crippen molar-refractivity contribution >= 4 is 40.5 Å². The Hall–Kier alpha value is -2.35. The summed E-state index contributed by atoms with van der Waals surface area (Å²) in [6.07, 6.45) is -3.11. The van der Waals surface area contributed by atoms with Gasteiger partial charge in [-0.2, -0.15) is 13.2 Å². The highest BCUT2D eigenvalue weighted by atomic mass is 35.5. The van der Waals surface area contributed by atoms with Gasteiger partial charge in [-0.1, -0.05) is 35.3 Å². The van der Waals surface area contributed by atoms with Gasteiger partial charge in [-0.15, -0.1) is 0 Å². The van der Waals surface area contributed by atoms with Crippen molar-refractivity contribution in [1.29, 1.82) is 0 Å². The Bertz CT molecular complexity index is 962. The minimum Gasteiger partial charge on any atom is -0.359 e. The molecule has 30 heavy (non-hydrogen) atoms. The SMILES string of the molecule is O=C(C=C(c1cc(Cl)cc(Cl)c1)C(F)(F)F)c1ccc(C(=O)NC2CCCO2)cc1. The van der Waals surface area contributed by atoms with Crippen molar-refractivity contribution in [1.82, 2.24) is 5.32 Å². The predicted octanol–water partition coefficient (Wildman–Crippen LogP) is 5.69. The lowest BCUT2D eigenvalue weighted by atomic mass is 10.0. The number of hydrogen-bond acceptors (Lipinski definition) is 3. The molecule has 1 aliphatic rings. The summed E-state index contributed by atoms with van der Waals surface area (Å²) in [7, 11) is 0. The average molecular weight is 458 g/mol. The third-order valence-corrected chi connectivity index (χ3v) is 4.84. The lowest BCUT2D eigenvalue weighted by Crippen LogP contribution is -2.34. The lowest BCUT2D eigenvalue weighted by molar-refractivity contribution is -0.0689. The molecule has 0 aromatic heterocycles. The molecule has 0 aliphatic carbocycles. The second kappa shape index (κ2) is 9.20. The van der Waals surface area contributed by atoms with E-state index in [1.165, 1.54) is 30.3 Å². The van der Waals surface area contributed by atoms with E-state index in [9.17, 15) is 22.8 Å². The molecule has 9 heteroatoms. The number of halogens is 5. The summed E-state index contributed by atoms with van der Waals surface area (Å²) in [6, 6.07) is 8.79. The smallest absolute Gasteiger partial charge is 0.359 e. The first kappa shape index (κ1) is 22.3. The van der Waals surface area contributed by atoms with E-state index in [0.717, 1.165) is 18.6 Å². The summed E-state index contributed by atoms with van der Waals surface area (Å²) in [4.78, 5) is 24.6. The molecule has 0 bridgehead atoms.